The van der Waals surface area contributed by atoms with Gasteiger partial charge in [0, 0.05) is 24.9 Å². The average molecular weight is 361 g/mol. The van der Waals surface area contributed by atoms with E-state index in [1.165, 1.54) is 17.0 Å². The maximum atomic E-state index is 13.9. The van der Waals surface area contributed by atoms with Crippen LogP contribution in [0.5, 0.6) is 0 Å². The molecule has 3 rings (SSSR count). The number of thiazole rings is 1. The number of benzene rings is 1. The number of carbonyl (C=O) groups is 2. The van der Waals surface area contributed by atoms with Crippen molar-refractivity contribution < 1.29 is 14.0 Å². The Morgan fingerprint density at radius 3 is 2.92 bits per heavy atom. The predicted molar refractivity (Wildman–Crippen MR) is 94.0 cm³/mol. The summed E-state index contributed by atoms with van der Waals surface area (Å²) >= 11 is 1.58. The molecule has 0 bridgehead atoms. The minimum absolute atomic E-state index is 0.0140. The number of likely N-dealkylation sites (tertiary alicyclic amines) is 1. The second kappa shape index (κ2) is 7.74. The van der Waals surface area contributed by atoms with Gasteiger partial charge in [-0.2, -0.15) is 0 Å². The molecule has 0 radical (unpaired) electrons. The fourth-order valence-corrected chi connectivity index (χ4v) is 3.67. The third-order valence-corrected chi connectivity index (χ3v) is 5.09. The molecule has 0 saturated carbocycles. The number of hydrogen-bond donors (Lipinski definition) is 1. The zero-order chi connectivity index (χ0) is 17.8. The molecule has 1 saturated heterocycles. The summed E-state index contributed by atoms with van der Waals surface area (Å²) in [7, 11) is 0. The summed E-state index contributed by atoms with van der Waals surface area (Å²) in [5, 5.41) is 5.85. The molecule has 1 aliphatic heterocycles. The Balaban J connectivity index is 1.59. The van der Waals surface area contributed by atoms with Gasteiger partial charge in [-0.25, -0.2) is 9.37 Å². The highest BCUT2D eigenvalue weighted by atomic mass is 32.1. The molecule has 25 heavy (non-hydrogen) atoms. The van der Waals surface area contributed by atoms with Gasteiger partial charge in [0.15, 0.2) is 0 Å². The van der Waals surface area contributed by atoms with Crippen molar-refractivity contribution in [1.29, 1.82) is 0 Å². The van der Waals surface area contributed by atoms with Gasteiger partial charge in [0.2, 0.25) is 5.91 Å². The Bertz CT molecular complexity index is 777. The number of nitrogens with one attached hydrogen (secondary N) is 1. The van der Waals surface area contributed by atoms with E-state index in [0.29, 0.717) is 25.9 Å². The Kier molecular flexibility index (Phi) is 5.43. The van der Waals surface area contributed by atoms with Gasteiger partial charge in [-0.05, 0) is 31.9 Å². The molecule has 1 fully saturated rings. The van der Waals surface area contributed by atoms with Crippen LogP contribution in [-0.2, 0) is 11.2 Å². The molecule has 1 N–H and O–H groups in total. The van der Waals surface area contributed by atoms with Crippen LogP contribution in [-0.4, -0.2) is 40.8 Å². The predicted octanol–water partition coefficient (Wildman–Crippen LogP) is 2.55. The molecule has 132 valence electrons. The van der Waals surface area contributed by atoms with Gasteiger partial charge in [-0.1, -0.05) is 12.1 Å². The smallest absolute Gasteiger partial charge is 0.257 e. The molecular formula is C18H20FN3O2S. The van der Waals surface area contributed by atoms with Crippen LogP contribution < -0.4 is 5.32 Å². The van der Waals surface area contributed by atoms with E-state index in [9.17, 15) is 14.0 Å². The first kappa shape index (κ1) is 17.5. The van der Waals surface area contributed by atoms with Crippen molar-refractivity contribution >= 4 is 23.2 Å². The molecule has 1 atom stereocenters. The van der Waals surface area contributed by atoms with E-state index < -0.39 is 17.8 Å². The highest BCUT2D eigenvalue weighted by Gasteiger charge is 2.35. The van der Waals surface area contributed by atoms with E-state index in [1.54, 1.807) is 23.5 Å². The van der Waals surface area contributed by atoms with Crippen LogP contribution in [0.1, 0.15) is 33.9 Å². The molecule has 5 nitrogen and oxygen atoms in total. The molecule has 1 aliphatic rings. The standard InChI is InChI=1S/C18H20FN3O2S/c1-12-21-13(11-25-12)8-9-20-17(23)16-7-4-10-22(16)18(24)14-5-2-3-6-15(14)19/h2-3,5-6,11,16H,4,7-10H2,1H3,(H,20,23). The third kappa shape index (κ3) is 4.04. The van der Waals surface area contributed by atoms with Crippen molar-refractivity contribution in [3.05, 3.63) is 51.7 Å². The lowest BCUT2D eigenvalue weighted by Crippen LogP contribution is -2.46. The van der Waals surface area contributed by atoms with Crippen LogP contribution in [0.15, 0.2) is 29.6 Å². The van der Waals surface area contributed by atoms with Crippen LogP contribution in [0.3, 0.4) is 0 Å². The van der Waals surface area contributed by atoms with Crippen LogP contribution >= 0.6 is 11.3 Å². The zero-order valence-corrected chi connectivity index (χ0v) is 14.8. The minimum atomic E-state index is -0.558. The van der Waals surface area contributed by atoms with Crippen molar-refractivity contribution in [2.24, 2.45) is 0 Å². The van der Waals surface area contributed by atoms with E-state index in [1.807, 2.05) is 12.3 Å². The fraction of sp³-hybridized carbons (Fsp3) is 0.389. The first-order chi connectivity index (χ1) is 12.1. The molecule has 2 aromatic rings. The summed E-state index contributed by atoms with van der Waals surface area (Å²) in [4.78, 5) is 30.9. The normalized spacial score (nSPS) is 16.9. The Hall–Kier alpha value is -2.28. The number of aromatic nitrogens is 1. The summed E-state index contributed by atoms with van der Waals surface area (Å²) in [6, 6.07) is 5.34. The summed E-state index contributed by atoms with van der Waals surface area (Å²) in [6.45, 7) is 2.88. The van der Waals surface area contributed by atoms with E-state index in [-0.39, 0.29) is 11.5 Å². The van der Waals surface area contributed by atoms with E-state index in [2.05, 4.69) is 10.3 Å². The van der Waals surface area contributed by atoms with Crippen molar-refractivity contribution in [3.63, 3.8) is 0 Å². The maximum absolute atomic E-state index is 13.9. The Labute approximate surface area is 149 Å². The van der Waals surface area contributed by atoms with Gasteiger partial charge in [0.05, 0.1) is 16.3 Å². The average Bonchev–Trinajstić information content (AvgIpc) is 3.23. The van der Waals surface area contributed by atoms with Crippen LogP contribution in [0.25, 0.3) is 0 Å². The van der Waals surface area contributed by atoms with E-state index in [4.69, 9.17) is 0 Å². The number of aryl methyl sites for hydroxylation is 1. The number of halogens is 1. The molecule has 7 heteroatoms. The molecule has 2 amide bonds. The third-order valence-electron chi connectivity index (χ3n) is 4.27. The monoisotopic (exact) mass is 361 g/mol. The lowest BCUT2D eigenvalue weighted by molar-refractivity contribution is -0.124. The fourth-order valence-electron chi connectivity index (χ4n) is 3.03. The molecular weight excluding hydrogens is 341 g/mol. The van der Waals surface area contributed by atoms with Crippen LogP contribution in [0, 0.1) is 12.7 Å². The van der Waals surface area contributed by atoms with Crippen molar-refractivity contribution in [1.82, 2.24) is 15.2 Å². The van der Waals surface area contributed by atoms with Gasteiger partial charge < -0.3 is 10.2 Å². The number of rotatable bonds is 5. The molecule has 1 unspecified atom stereocenters. The molecule has 1 aromatic heterocycles. The van der Waals surface area contributed by atoms with Crippen LogP contribution in [0.4, 0.5) is 4.39 Å². The van der Waals surface area contributed by atoms with Crippen molar-refractivity contribution in [3.8, 4) is 0 Å². The summed E-state index contributed by atoms with van der Waals surface area (Å²) in [6.07, 6.45) is 2.00. The maximum Gasteiger partial charge on any atom is 0.257 e. The Morgan fingerprint density at radius 1 is 1.40 bits per heavy atom. The second-order valence-corrected chi connectivity index (χ2v) is 7.10. The number of carbonyl (C=O) groups excluding carboxylic acids is 2. The largest absolute Gasteiger partial charge is 0.354 e. The van der Waals surface area contributed by atoms with E-state index >= 15 is 0 Å². The molecule has 0 spiro atoms. The van der Waals surface area contributed by atoms with Gasteiger partial charge in [0.1, 0.15) is 11.9 Å². The van der Waals surface area contributed by atoms with Crippen molar-refractivity contribution in [2.45, 2.75) is 32.2 Å². The quantitative estimate of drug-likeness (QED) is 0.890. The first-order valence-electron chi connectivity index (χ1n) is 8.30. The lowest BCUT2D eigenvalue weighted by atomic mass is 10.1. The topological polar surface area (TPSA) is 62.3 Å². The second-order valence-electron chi connectivity index (χ2n) is 6.04. The highest BCUT2D eigenvalue weighted by Crippen LogP contribution is 2.21. The minimum Gasteiger partial charge on any atom is -0.354 e. The summed E-state index contributed by atoms with van der Waals surface area (Å²) in [5.74, 6) is -1.17. The number of hydrogen-bond acceptors (Lipinski definition) is 4. The number of amides is 2. The lowest BCUT2D eigenvalue weighted by Gasteiger charge is -2.24. The summed E-state index contributed by atoms with van der Waals surface area (Å²) < 4.78 is 13.9. The molecule has 1 aromatic carbocycles. The van der Waals surface area contributed by atoms with Gasteiger partial charge >= 0.3 is 0 Å². The zero-order valence-electron chi connectivity index (χ0n) is 14.0. The van der Waals surface area contributed by atoms with Gasteiger partial charge in [-0.15, -0.1) is 11.3 Å². The highest BCUT2D eigenvalue weighted by molar-refractivity contribution is 7.09. The Morgan fingerprint density at radius 2 is 2.20 bits per heavy atom. The molecule has 2 heterocycles. The summed E-state index contributed by atoms with van der Waals surface area (Å²) in [5.41, 5.74) is 0.966. The SMILES string of the molecule is Cc1nc(CCNC(=O)C2CCCN2C(=O)c2ccccc2F)cs1. The van der Waals surface area contributed by atoms with Gasteiger partial charge in [-0.3, -0.25) is 9.59 Å². The van der Waals surface area contributed by atoms with Gasteiger partial charge in [0.25, 0.3) is 5.91 Å². The van der Waals surface area contributed by atoms with E-state index in [0.717, 1.165) is 17.1 Å². The van der Waals surface area contributed by atoms with Crippen LogP contribution in [0.2, 0.25) is 0 Å². The first-order valence-corrected chi connectivity index (χ1v) is 9.18. The van der Waals surface area contributed by atoms with Crippen molar-refractivity contribution in [2.75, 3.05) is 13.1 Å². The molecule has 0 aliphatic carbocycles. The number of nitrogens with zero attached hydrogens (tertiary/aromatic N) is 2.